The molecule has 0 saturated carbocycles. The number of carboxylic acid groups (broad SMARTS) is 1. The van der Waals surface area contributed by atoms with Crippen LogP contribution in [-0.4, -0.2) is 49.1 Å². The highest BCUT2D eigenvalue weighted by Gasteiger charge is 2.09. The molecule has 0 spiro atoms. The summed E-state index contributed by atoms with van der Waals surface area (Å²) < 4.78 is 44.1. The average Bonchev–Trinajstić information content (AvgIpc) is 2.31. The second-order valence-corrected chi connectivity index (χ2v) is 2.52. The van der Waals surface area contributed by atoms with Crippen LogP contribution in [-0.2, 0) is 4.79 Å². The third-order valence-electron chi connectivity index (χ3n) is 1.05. The zero-order valence-corrected chi connectivity index (χ0v) is 8.06. The minimum Gasteiger partial charge on any atom is -0.480 e. The van der Waals surface area contributed by atoms with Crippen molar-refractivity contribution in [1.82, 2.24) is 10.4 Å². The van der Waals surface area contributed by atoms with Gasteiger partial charge in [-0.15, -0.1) is 0 Å². The molecular formula is C8H18N4O2. The molecule has 0 rings (SSSR count). The standard InChI is InChI=1S/C8H18N4O2/c1-12(2)11-6-10-5-3-4-7(9)8(13)14/h6-7H,3-5,9H2,1-2H3,(H,10,11)(H,13,14)/t7-/m1/s1/i3D,4D2,7D/hD2/t3?,7-. The number of hydrogen-bond acceptors (Lipinski definition) is 4. The Kier molecular flexibility index (Phi) is 2.95. The Morgan fingerprint density at radius 2 is 2.71 bits per heavy atom. The first-order valence-corrected chi connectivity index (χ1v) is 3.83. The lowest BCUT2D eigenvalue weighted by molar-refractivity contribution is -0.138. The normalized spacial score (nSPS) is 25.4. The van der Waals surface area contributed by atoms with Gasteiger partial charge in [0.25, 0.3) is 0 Å². The van der Waals surface area contributed by atoms with E-state index in [2.05, 4.69) is 10.4 Å². The predicted octanol–water partition coefficient (Wildman–Crippen LogP) is -0.727. The number of hydrogen-bond donors (Lipinski definition) is 3. The van der Waals surface area contributed by atoms with Crippen molar-refractivity contribution in [3.63, 3.8) is 0 Å². The lowest BCUT2D eigenvalue weighted by Gasteiger charge is -2.07. The van der Waals surface area contributed by atoms with Crippen molar-refractivity contribution in [2.45, 2.75) is 18.8 Å². The minimum absolute atomic E-state index is 0.421. The van der Waals surface area contributed by atoms with Gasteiger partial charge in [0.05, 0.1) is 7.71 Å². The topological polar surface area (TPSA) is 91.0 Å². The van der Waals surface area contributed by atoms with Gasteiger partial charge in [-0.25, -0.2) is 5.01 Å². The summed E-state index contributed by atoms with van der Waals surface area (Å²) in [4.78, 5) is 14.7. The molecule has 2 atom stereocenters. The predicted molar refractivity (Wildman–Crippen MR) is 55.0 cm³/mol. The average molecular weight is 208 g/mol. The molecule has 0 aromatic heterocycles. The molecule has 0 heterocycles. The van der Waals surface area contributed by atoms with E-state index < -0.39 is 37.0 Å². The molecule has 0 aromatic rings. The second kappa shape index (κ2) is 7.28. The van der Waals surface area contributed by atoms with Gasteiger partial charge >= 0.3 is 5.97 Å². The van der Waals surface area contributed by atoms with E-state index in [9.17, 15) is 4.79 Å². The third kappa shape index (κ3) is 7.51. The number of carboxylic acids is 1. The Morgan fingerprint density at radius 1 is 2.00 bits per heavy atom. The van der Waals surface area contributed by atoms with Crippen molar-refractivity contribution in [1.29, 1.82) is 0 Å². The van der Waals surface area contributed by atoms with Crippen LogP contribution in [0, 0.1) is 0 Å². The molecule has 0 amide bonds. The Labute approximate surface area is 92.3 Å². The fourth-order valence-electron chi connectivity index (χ4n) is 0.466. The van der Waals surface area contributed by atoms with Crippen molar-refractivity contribution in [2.75, 3.05) is 20.6 Å². The van der Waals surface area contributed by atoms with Crippen LogP contribution in [0.5, 0.6) is 0 Å². The molecular weight excluding hydrogens is 184 g/mol. The molecule has 0 aliphatic rings. The van der Waals surface area contributed by atoms with E-state index in [1.54, 1.807) is 19.1 Å². The van der Waals surface area contributed by atoms with Crippen LogP contribution < -0.4 is 11.1 Å². The van der Waals surface area contributed by atoms with Crippen molar-refractivity contribution >= 4 is 12.3 Å². The van der Waals surface area contributed by atoms with Gasteiger partial charge in [0.15, 0.2) is 0 Å². The molecule has 6 nitrogen and oxygen atoms in total. The van der Waals surface area contributed by atoms with E-state index in [4.69, 9.17) is 13.4 Å². The summed E-state index contributed by atoms with van der Waals surface area (Å²) in [5.74, 6) is -2.01. The summed E-state index contributed by atoms with van der Waals surface area (Å²) in [6.45, 7) is -0.421. The fraction of sp³-hybridized carbons (Fsp3) is 0.750. The number of nitrogens with two attached hydrogens (primary N) is 1. The zero-order valence-electron chi connectivity index (χ0n) is 14.1. The highest BCUT2D eigenvalue weighted by molar-refractivity contribution is 5.72. The largest absolute Gasteiger partial charge is 0.480 e. The molecule has 0 saturated heterocycles. The van der Waals surface area contributed by atoms with E-state index in [0.717, 1.165) is 0 Å². The molecule has 0 radical (unpaired) electrons. The van der Waals surface area contributed by atoms with Gasteiger partial charge in [-0.2, -0.15) is 0 Å². The summed E-state index contributed by atoms with van der Waals surface area (Å²) in [6, 6.07) is -3.22. The lowest BCUT2D eigenvalue weighted by Crippen LogP contribution is -2.30. The van der Waals surface area contributed by atoms with Gasteiger partial charge in [0.1, 0.15) is 8.84 Å². The Bertz CT molecular complexity index is 367. The van der Waals surface area contributed by atoms with Crippen LogP contribution in [0.3, 0.4) is 0 Å². The first-order chi connectivity index (χ1) is 8.97. The monoisotopic (exact) mass is 208 g/mol. The Hall–Kier alpha value is -1.14. The second-order valence-electron chi connectivity index (χ2n) is 2.52. The van der Waals surface area contributed by atoms with Gasteiger partial charge in [-0.1, -0.05) is 0 Å². The smallest absolute Gasteiger partial charge is 0.320 e. The quantitative estimate of drug-likeness (QED) is 0.278. The molecule has 6 heteroatoms. The molecule has 0 aromatic carbocycles. The maximum atomic E-state index is 11.0. The van der Waals surface area contributed by atoms with Crippen LogP contribution in [0.4, 0.5) is 0 Å². The number of rotatable bonds is 8. The van der Waals surface area contributed by atoms with Gasteiger partial charge < -0.3 is 16.3 Å². The van der Waals surface area contributed by atoms with Crippen LogP contribution in [0.2, 0.25) is 2.82 Å². The van der Waals surface area contributed by atoms with Crippen LogP contribution in [0.1, 0.15) is 18.3 Å². The van der Waals surface area contributed by atoms with Gasteiger partial charge in [-0.3, -0.25) is 9.79 Å². The molecule has 0 aliphatic heterocycles. The number of carbonyl (C=O) groups is 1. The molecule has 82 valence electrons. The van der Waals surface area contributed by atoms with Crippen LogP contribution in [0.25, 0.3) is 0 Å². The first kappa shape index (κ1) is 5.67. The summed E-state index contributed by atoms with van der Waals surface area (Å²) >= 11 is 0. The maximum absolute atomic E-state index is 11.0. The first-order valence-electron chi connectivity index (χ1n) is 6.80. The highest BCUT2D eigenvalue weighted by atomic mass is 16.4. The van der Waals surface area contributed by atoms with Crippen LogP contribution >= 0.6 is 0 Å². The summed E-state index contributed by atoms with van der Waals surface area (Å²) in [6.07, 6.45) is -3.50. The number of aliphatic imine (C=N–C) groups is 1. The van der Waals surface area contributed by atoms with Gasteiger partial charge in [0.2, 0.25) is 0 Å². The van der Waals surface area contributed by atoms with E-state index in [1.165, 1.54) is 6.34 Å². The maximum Gasteiger partial charge on any atom is 0.320 e. The van der Waals surface area contributed by atoms with E-state index in [1.807, 2.05) is 0 Å². The van der Waals surface area contributed by atoms with Gasteiger partial charge in [0, 0.05) is 24.8 Å². The van der Waals surface area contributed by atoms with E-state index in [0.29, 0.717) is 0 Å². The molecule has 14 heavy (non-hydrogen) atoms. The zero-order chi connectivity index (χ0) is 16.1. The highest BCUT2D eigenvalue weighted by Crippen LogP contribution is 1.94. The molecule has 1 unspecified atom stereocenters. The summed E-state index contributed by atoms with van der Waals surface area (Å²) in [5.41, 5.74) is 2.07. The molecule has 0 bridgehead atoms. The van der Waals surface area contributed by atoms with Crippen molar-refractivity contribution in [3.8, 4) is 0 Å². The summed E-state index contributed by atoms with van der Waals surface area (Å²) in [5, 5.41) is 10.4. The summed E-state index contributed by atoms with van der Waals surface area (Å²) in [7, 11) is 3.36. The van der Waals surface area contributed by atoms with Gasteiger partial charge in [-0.05, 0) is 12.8 Å². The SMILES string of the molecule is [2H]C(CN=CNN(C)C)C([2H])([2H])[C@]([2H])(C(=O)O)N([2H])[2H]. The Balaban J connectivity index is 5.01. The van der Waals surface area contributed by atoms with Crippen molar-refractivity contribution < 1.29 is 18.2 Å². The Morgan fingerprint density at radius 3 is 3.21 bits per heavy atom. The van der Waals surface area contributed by atoms with Crippen LogP contribution in [0.15, 0.2) is 4.99 Å². The lowest BCUT2D eigenvalue weighted by atomic mass is 10.2. The molecule has 0 fully saturated rings. The fourth-order valence-corrected chi connectivity index (χ4v) is 0.466. The number of aliphatic carboxylic acids is 1. The number of nitrogens with one attached hydrogen (secondary N) is 1. The van der Waals surface area contributed by atoms with Crippen molar-refractivity contribution in [2.24, 2.45) is 10.7 Å². The number of nitrogens with zero attached hydrogens (tertiary/aromatic N) is 2. The molecule has 0 aliphatic carbocycles. The van der Waals surface area contributed by atoms with Crippen molar-refractivity contribution in [3.05, 3.63) is 0 Å². The van der Waals surface area contributed by atoms with E-state index >= 15 is 0 Å². The molecule has 4 N–H and O–H groups in total. The third-order valence-corrected chi connectivity index (χ3v) is 1.05. The van der Waals surface area contributed by atoms with E-state index in [-0.39, 0.29) is 0 Å². The number of hydrazine groups is 1. The minimum atomic E-state index is -3.22.